The summed E-state index contributed by atoms with van der Waals surface area (Å²) in [4.78, 5) is 18.7. The van der Waals surface area contributed by atoms with E-state index in [9.17, 15) is 14.7 Å². The summed E-state index contributed by atoms with van der Waals surface area (Å²) in [5.41, 5.74) is 0. The minimum atomic E-state index is -2.19. The van der Waals surface area contributed by atoms with Crippen molar-refractivity contribution < 1.29 is 24.9 Å². The van der Waals surface area contributed by atoms with Gasteiger partial charge in [0.15, 0.2) is 0 Å². The molecule has 14 heavy (non-hydrogen) atoms. The molecule has 0 aromatic heterocycles. The number of hydrogen-bond acceptors (Lipinski definition) is 4. The summed E-state index contributed by atoms with van der Waals surface area (Å²) in [6.45, 7) is 1.93. The summed E-state index contributed by atoms with van der Waals surface area (Å²) in [5, 5.41) is 26.5. The summed E-state index contributed by atoms with van der Waals surface area (Å²) in [6, 6.07) is 0. The smallest absolute Gasteiger partial charge is 0.347 e. The fourth-order valence-electron chi connectivity index (χ4n) is 0.779. The zero-order chi connectivity index (χ0) is 11.2. The van der Waals surface area contributed by atoms with Crippen molar-refractivity contribution in [3.8, 4) is 0 Å². The third kappa shape index (κ3) is 4.48. The summed E-state index contributed by atoms with van der Waals surface area (Å²) in [5.74, 6) is -2.38. The Balaban J connectivity index is 4.24. The lowest BCUT2D eigenvalue weighted by atomic mass is 10.2. The van der Waals surface area contributed by atoms with Gasteiger partial charge < -0.3 is 15.3 Å². The molecule has 82 valence electrons. The van der Waals surface area contributed by atoms with Gasteiger partial charge in [0, 0.05) is 0 Å². The number of carboxylic acid groups (broad SMARTS) is 2. The monoisotopic (exact) mass is 222 g/mol. The predicted octanol–water partition coefficient (Wildman–Crippen LogP) is 0.768. The van der Waals surface area contributed by atoms with Crippen LogP contribution in [0.25, 0.3) is 0 Å². The lowest BCUT2D eigenvalue weighted by Gasteiger charge is -2.20. The number of aliphatic hydroxyl groups is 1. The number of hydrogen-bond donors (Lipinski definition) is 3. The highest BCUT2D eigenvalue weighted by Crippen LogP contribution is 2.27. The number of carboxylic acids is 2. The van der Waals surface area contributed by atoms with Gasteiger partial charge in [0.2, 0.25) is 4.93 Å². The van der Waals surface area contributed by atoms with E-state index in [0.717, 1.165) is 24.6 Å². The number of unbranched alkanes of at least 4 members (excludes halogenated alkanes) is 1. The standard InChI is InChI=1S/C8H14O5S/c1-2-3-4-14-8(13,7(11)12)5-6(9)10/h13H,2-5H2,1H3,(H,9,10)(H,11,12). The fourth-order valence-corrected chi connectivity index (χ4v) is 1.90. The van der Waals surface area contributed by atoms with Crippen molar-refractivity contribution in [1.29, 1.82) is 0 Å². The molecule has 0 aliphatic carbocycles. The molecule has 0 heterocycles. The first-order valence-corrected chi connectivity index (χ1v) is 5.22. The maximum absolute atomic E-state index is 10.6. The van der Waals surface area contributed by atoms with Gasteiger partial charge in [0.25, 0.3) is 0 Å². The van der Waals surface area contributed by atoms with E-state index in [1.165, 1.54) is 0 Å². The van der Waals surface area contributed by atoms with Gasteiger partial charge in [-0.3, -0.25) is 4.79 Å². The third-order valence-corrected chi connectivity index (χ3v) is 2.85. The zero-order valence-corrected chi connectivity index (χ0v) is 8.71. The van der Waals surface area contributed by atoms with Crippen LogP contribution in [0.1, 0.15) is 26.2 Å². The molecule has 3 N–H and O–H groups in total. The number of thioether (sulfide) groups is 1. The van der Waals surface area contributed by atoms with Gasteiger partial charge in [0.05, 0.1) is 6.42 Å². The molecule has 5 nitrogen and oxygen atoms in total. The van der Waals surface area contributed by atoms with E-state index >= 15 is 0 Å². The van der Waals surface area contributed by atoms with Gasteiger partial charge in [0.1, 0.15) is 0 Å². The van der Waals surface area contributed by atoms with E-state index in [4.69, 9.17) is 10.2 Å². The van der Waals surface area contributed by atoms with E-state index in [1.54, 1.807) is 0 Å². The Bertz CT molecular complexity index is 218. The van der Waals surface area contributed by atoms with Crippen LogP contribution in [0.2, 0.25) is 0 Å². The largest absolute Gasteiger partial charge is 0.481 e. The van der Waals surface area contributed by atoms with E-state index in [-0.39, 0.29) is 0 Å². The minimum absolute atomic E-state index is 0.437. The average Bonchev–Trinajstić information content (AvgIpc) is 2.03. The van der Waals surface area contributed by atoms with Gasteiger partial charge in [-0.15, -0.1) is 11.8 Å². The van der Waals surface area contributed by atoms with Crippen molar-refractivity contribution in [2.24, 2.45) is 0 Å². The van der Waals surface area contributed by atoms with E-state index in [2.05, 4.69) is 0 Å². The highest BCUT2D eigenvalue weighted by atomic mass is 32.2. The van der Waals surface area contributed by atoms with Crippen LogP contribution in [-0.2, 0) is 9.59 Å². The number of carbonyl (C=O) groups is 2. The minimum Gasteiger partial charge on any atom is -0.481 e. The third-order valence-electron chi connectivity index (χ3n) is 1.56. The molecule has 0 bridgehead atoms. The van der Waals surface area contributed by atoms with Crippen molar-refractivity contribution in [2.45, 2.75) is 31.1 Å². The van der Waals surface area contributed by atoms with Crippen LogP contribution in [-0.4, -0.2) is 37.9 Å². The highest BCUT2D eigenvalue weighted by Gasteiger charge is 2.38. The molecule has 0 spiro atoms. The van der Waals surface area contributed by atoms with Crippen LogP contribution in [0.15, 0.2) is 0 Å². The van der Waals surface area contributed by atoms with Gasteiger partial charge in [-0.05, 0) is 12.2 Å². The molecule has 0 rings (SSSR count). The Hall–Kier alpha value is -0.750. The molecule has 0 aliphatic heterocycles. The average molecular weight is 222 g/mol. The van der Waals surface area contributed by atoms with Crippen molar-refractivity contribution in [3.05, 3.63) is 0 Å². The molecule has 0 aromatic rings. The van der Waals surface area contributed by atoms with Crippen LogP contribution in [0.4, 0.5) is 0 Å². The topological polar surface area (TPSA) is 94.8 Å². The summed E-state index contributed by atoms with van der Waals surface area (Å²) in [6.07, 6.45) is 0.840. The molecule has 0 amide bonds. The quantitative estimate of drug-likeness (QED) is 0.435. The first kappa shape index (κ1) is 13.2. The van der Waals surface area contributed by atoms with Gasteiger partial charge in [-0.25, -0.2) is 4.79 Å². The second kappa shape index (κ2) is 5.87. The van der Waals surface area contributed by atoms with E-state index < -0.39 is 23.3 Å². The predicted molar refractivity (Wildman–Crippen MR) is 52.2 cm³/mol. The van der Waals surface area contributed by atoms with Crippen LogP contribution >= 0.6 is 11.8 Å². The maximum Gasteiger partial charge on any atom is 0.347 e. The highest BCUT2D eigenvalue weighted by molar-refractivity contribution is 8.01. The van der Waals surface area contributed by atoms with Gasteiger partial charge in [-0.2, -0.15) is 0 Å². The summed E-state index contributed by atoms with van der Waals surface area (Å²) < 4.78 is 0. The summed E-state index contributed by atoms with van der Waals surface area (Å²) in [7, 11) is 0. The molecule has 0 fully saturated rings. The lowest BCUT2D eigenvalue weighted by molar-refractivity contribution is -0.155. The van der Waals surface area contributed by atoms with Crippen LogP contribution in [0.5, 0.6) is 0 Å². The maximum atomic E-state index is 10.6. The molecular formula is C8H14O5S. The first-order valence-electron chi connectivity index (χ1n) is 4.24. The van der Waals surface area contributed by atoms with Crippen molar-refractivity contribution in [3.63, 3.8) is 0 Å². The molecule has 1 unspecified atom stereocenters. The normalized spacial score (nSPS) is 14.7. The van der Waals surface area contributed by atoms with Crippen LogP contribution < -0.4 is 0 Å². The molecule has 0 radical (unpaired) electrons. The lowest BCUT2D eigenvalue weighted by Crippen LogP contribution is -2.37. The molecule has 0 aromatic carbocycles. The molecule has 0 saturated heterocycles. The SMILES string of the molecule is CCCCSC(O)(CC(=O)O)C(=O)O. The van der Waals surface area contributed by atoms with Crippen molar-refractivity contribution in [2.75, 3.05) is 5.75 Å². The number of aliphatic carboxylic acids is 2. The first-order chi connectivity index (χ1) is 6.42. The van der Waals surface area contributed by atoms with Gasteiger partial charge in [-0.1, -0.05) is 13.3 Å². The van der Waals surface area contributed by atoms with Gasteiger partial charge >= 0.3 is 11.9 Å². The second-order valence-corrected chi connectivity index (χ2v) is 4.23. The second-order valence-electron chi connectivity index (χ2n) is 2.86. The Morgan fingerprint density at radius 2 is 1.93 bits per heavy atom. The van der Waals surface area contributed by atoms with Crippen LogP contribution in [0.3, 0.4) is 0 Å². The van der Waals surface area contributed by atoms with E-state index in [1.807, 2.05) is 6.92 Å². The molecule has 0 saturated carbocycles. The van der Waals surface area contributed by atoms with Crippen LogP contribution in [0, 0.1) is 0 Å². The summed E-state index contributed by atoms with van der Waals surface area (Å²) >= 11 is 0.760. The molecule has 1 atom stereocenters. The Kier molecular flexibility index (Phi) is 5.56. The van der Waals surface area contributed by atoms with E-state index in [0.29, 0.717) is 5.75 Å². The Morgan fingerprint density at radius 3 is 2.29 bits per heavy atom. The molecule has 6 heteroatoms. The Labute approximate surface area is 86.1 Å². The zero-order valence-electron chi connectivity index (χ0n) is 7.89. The van der Waals surface area contributed by atoms with Crippen molar-refractivity contribution >= 4 is 23.7 Å². The number of rotatable bonds is 7. The van der Waals surface area contributed by atoms with Crippen molar-refractivity contribution in [1.82, 2.24) is 0 Å². The molecular weight excluding hydrogens is 208 g/mol. The molecule has 0 aliphatic rings. The fraction of sp³-hybridized carbons (Fsp3) is 0.750. The Morgan fingerprint density at radius 1 is 1.36 bits per heavy atom.